The van der Waals surface area contributed by atoms with E-state index in [-0.39, 0.29) is 5.91 Å². The van der Waals surface area contributed by atoms with Crippen LogP contribution in [0.1, 0.15) is 35.7 Å². The zero-order chi connectivity index (χ0) is 18.1. The first-order valence-electron chi connectivity index (χ1n) is 8.96. The van der Waals surface area contributed by atoms with Gasteiger partial charge in [0.15, 0.2) is 4.77 Å². The van der Waals surface area contributed by atoms with Crippen molar-refractivity contribution in [1.82, 2.24) is 19.7 Å². The van der Waals surface area contributed by atoms with Crippen LogP contribution in [-0.4, -0.2) is 45.3 Å². The first-order valence-corrected chi connectivity index (χ1v) is 9.36. The van der Waals surface area contributed by atoms with Crippen LogP contribution < -0.4 is 4.74 Å². The normalized spacial score (nSPS) is 17.5. The highest BCUT2D eigenvalue weighted by molar-refractivity contribution is 7.71. The molecule has 0 saturated carbocycles. The van der Waals surface area contributed by atoms with Gasteiger partial charge in [-0.2, -0.15) is 5.10 Å². The van der Waals surface area contributed by atoms with Crippen molar-refractivity contribution in [3.05, 3.63) is 46.0 Å². The SMILES string of the molecule is Cn1c(C2CCN(C(=O)/C=C/c3ccc4c(c3)CCO4)CC2)n[nH]c1=S. The topological polar surface area (TPSA) is 63.1 Å². The van der Waals surface area contributed by atoms with E-state index in [2.05, 4.69) is 16.3 Å². The fraction of sp³-hybridized carbons (Fsp3) is 0.421. The molecule has 1 N–H and O–H groups in total. The maximum Gasteiger partial charge on any atom is 0.246 e. The van der Waals surface area contributed by atoms with E-state index in [1.54, 1.807) is 6.08 Å². The van der Waals surface area contributed by atoms with Gasteiger partial charge in [0.1, 0.15) is 11.6 Å². The van der Waals surface area contributed by atoms with E-state index < -0.39 is 0 Å². The molecule has 7 heteroatoms. The van der Waals surface area contributed by atoms with Crippen molar-refractivity contribution in [2.75, 3.05) is 19.7 Å². The summed E-state index contributed by atoms with van der Waals surface area (Å²) in [5.74, 6) is 2.36. The number of aromatic nitrogens is 3. The number of benzene rings is 1. The van der Waals surface area contributed by atoms with E-state index in [4.69, 9.17) is 17.0 Å². The van der Waals surface area contributed by atoms with Crippen molar-refractivity contribution >= 4 is 24.2 Å². The first-order chi connectivity index (χ1) is 12.6. The van der Waals surface area contributed by atoms with Gasteiger partial charge >= 0.3 is 0 Å². The van der Waals surface area contributed by atoms with Gasteiger partial charge < -0.3 is 14.2 Å². The number of likely N-dealkylation sites (tertiary alicyclic amines) is 1. The summed E-state index contributed by atoms with van der Waals surface area (Å²) in [5.41, 5.74) is 2.26. The van der Waals surface area contributed by atoms with Crippen LogP contribution in [0, 0.1) is 4.77 Å². The molecule has 0 bridgehead atoms. The van der Waals surface area contributed by atoms with E-state index in [1.165, 1.54) is 5.56 Å². The summed E-state index contributed by atoms with van der Waals surface area (Å²) in [6.07, 6.45) is 6.32. The lowest BCUT2D eigenvalue weighted by Crippen LogP contribution is -2.37. The van der Waals surface area contributed by atoms with Crippen LogP contribution in [-0.2, 0) is 18.3 Å². The minimum Gasteiger partial charge on any atom is -0.493 e. The molecule has 0 radical (unpaired) electrons. The number of H-pyrrole nitrogens is 1. The van der Waals surface area contributed by atoms with Gasteiger partial charge in [-0.25, -0.2) is 0 Å². The van der Waals surface area contributed by atoms with Gasteiger partial charge in [0.2, 0.25) is 5.91 Å². The standard InChI is InChI=1S/C19H22N4O2S/c1-22-18(20-21-19(22)26)14-6-9-23(10-7-14)17(24)5-3-13-2-4-16-15(12-13)8-11-25-16/h2-5,12,14H,6-11H2,1H3,(H,21,26)/b5-3+. The summed E-state index contributed by atoms with van der Waals surface area (Å²) >= 11 is 5.18. The number of hydrogen-bond acceptors (Lipinski definition) is 4. The molecule has 3 heterocycles. The van der Waals surface area contributed by atoms with Gasteiger partial charge in [-0.3, -0.25) is 9.89 Å². The van der Waals surface area contributed by atoms with Crippen LogP contribution in [0.4, 0.5) is 0 Å². The monoisotopic (exact) mass is 370 g/mol. The largest absolute Gasteiger partial charge is 0.493 e. The molecule has 0 unspecified atom stereocenters. The van der Waals surface area contributed by atoms with E-state index >= 15 is 0 Å². The number of amides is 1. The summed E-state index contributed by atoms with van der Waals surface area (Å²) in [4.78, 5) is 14.4. The number of fused-ring (bicyclic) bond motifs is 1. The summed E-state index contributed by atoms with van der Waals surface area (Å²) in [5, 5.41) is 7.17. The molecule has 1 aromatic carbocycles. The molecular weight excluding hydrogens is 348 g/mol. The summed E-state index contributed by atoms with van der Waals surface area (Å²) < 4.78 is 8.08. The highest BCUT2D eigenvalue weighted by atomic mass is 32.1. The summed E-state index contributed by atoms with van der Waals surface area (Å²) in [6.45, 7) is 2.23. The smallest absolute Gasteiger partial charge is 0.246 e. The molecule has 0 atom stereocenters. The molecule has 136 valence electrons. The van der Waals surface area contributed by atoms with E-state index in [9.17, 15) is 4.79 Å². The highest BCUT2D eigenvalue weighted by Gasteiger charge is 2.25. The predicted octanol–water partition coefficient (Wildman–Crippen LogP) is 2.83. The van der Waals surface area contributed by atoms with Crippen molar-refractivity contribution in [2.45, 2.75) is 25.2 Å². The second kappa shape index (κ2) is 7.07. The predicted molar refractivity (Wildman–Crippen MR) is 102 cm³/mol. The van der Waals surface area contributed by atoms with Crippen LogP contribution in [0.15, 0.2) is 24.3 Å². The van der Waals surface area contributed by atoms with Crippen LogP contribution >= 0.6 is 12.2 Å². The van der Waals surface area contributed by atoms with Crippen molar-refractivity contribution in [1.29, 1.82) is 0 Å². The molecule has 2 aromatic rings. The van der Waals surface area contributed by atoms with Crippen molar-refractivity contribution in [2.24, 2.45) is 7.05 Å². The van der Waals surface area contributed by atoms with Crippen molar-refractivity contribution in [3.63, 3.8) is 0 Å². The minimum atomic E-state index is 0.0653. The molecule has 26 heavy (non-hydrogen) atoms. The second-order valence-electron chi connectivity index (χ2n) is 6.84. The molecule has 1 saturated heterocycles. The number of hydrogen-bond donors (Lipinski definition) is 1. The van der Waals surface area contributed by atoms with Gasteiger partial charge in [0, 0.05) is 38.6 Å². The van der Waals surface area contributed by atoms with Crippen LogP contribution in [0.25, 0.3) is 6.08 Å². The maximum atomic E-state index is 12.5. The molecule has 4 rings (SSSR count). The van der Waals surface area contributed by atoms with Crippen molar-refractivity contribution in [3.8, 4) is 5.75 Å². The van der Waals surface area contributed by atoms with Gasteiger partial charge in [-0.1, -0.05) is 6.07 Å². The van der Waals surface area contributed by atoms with Gasteiger partial charge in [-0.05, 0) is 54.4 Å². The van der Waals surface area contributed by atoms with Gasteiger partial charge in [-0.15, -0.1) is 0 Å². The van der Waals surface area contributed by atoms with E-state index in [0.29, 0.717) is 10.7 Å². The van der Waals surface area contributed by atoms with Crippen molar-refractivity contribution < 1.29 is 9.53 Å². The fourth-order valence-electron chi connectivity index (χ4n) is 3.67. The number of rotatable bonds is 3. The maximum absolute atomic E-state index is 12.5. The highest BCUT2D eigenvalue weighted by Crippen LogP contribution is 2.27. The number of ether oxygens (including phenoxy) is 1. The Morgan fingerprint density at radius 2 is 2.19 bits per heavy atom. The lowest BCUT2D eigenvalue weighted by atomic mass is 9.96. The molecule has 6 nitrogen and oxygen atoms in total. The number of carbonyl (C=O) groups is 1. The Balaban J connectivity index is 1.36. The quantitative estimate of drug-likeness (QED) is 0.667. The average Bonchev–Trinajstić information content (AvgIpc) is 3.26. The Morgan fingerprint density at radius 1 is 1.38 bits per heavy atom. The van der Waals surface area contributed by atoms with Crippen LogP contribution in [0.5, 0.6) is 5.75 Å². The van der Waals surface area contributed by atoms with Crippen LogP contribution in [0.3, 0.4) is 0 Å². The van der Waals surface area contributed by atoms with Gasteiger partial charge in [0.25, 0.3) is 0 Å². The third-order valence-corrected chi connectivity index (χ3v) is 5.58. The third kappa shape index (κ3) is 3.31. The van der Waals surface area contributed by atoms with E-state index in [1.807, 2.05) is 34.7 Å². The Kier molecular flexibility index (Phi) is 4.63. The Bertz CT molecular complexity index is 907. The molecule has 2 aliphatic heterocycles. The molecule has 0 aliphatic carbocycles. The summed E-state index contributed by atoms with van der Waals surface area (Å²) in [7, 11) is 1.93. The number of aromatic amines is 1. The Labute approximate surface area is 157 Å². The fourth-order valence-corrected chi connectivity index (χ4v) is 3.80. The number of nitrogens with one attached hydrogen (secondary N) is 1. The number of nitrogens with zero attached hydrogens (tertiary/aromatic N) is 3. The molecule has 1 aromatic heterocycles. The molecule has 0 spiro atoms. The first kappa shape index (κ1) is 17.0. The second-order valence-corrected chi connectivity index (χ2v) is 7.23. The minimum absolute atomic E-state index is 0.0653. The van der Waals surface area contributed by atoms with Crippen LogP contribution in [0.2, 0.25) is 0 Å². The zero-order valence-electron chi connectivity index (χ0n) is 14.8. The molecular formula is C19H22N4O2S. The molecule has 1 amide bonds. The zero-order valence-corrected chi connectivity index (χ0v) is 15.6. The van der Waals surface area contributed by atoms with E-state index in [0.717, 1.165) is 56.1 Å². The average molecular weight is 370 g/mol. The lowest BCUT2D eigenvalue weighted by Gasteiger charge is -2.30. The Morgan fingerprint density at radius 3 is 2.92 bits per heavy atom. The number of piperidine rings is 1. The van der Waals surface area contributed by atoms with Gasteiger partial charge in [0.05, 0.1) is 6.61 Å². The number of carbonyl (C=O) groups excluding carboxylic acids is 1. The molecule has 2 aliphatic rings. The third-order valence-electron chi connectivity index (χ3n) is 5.22. The molecule has 1 fully saturated rings. The lowest BCUT2D eigenvalue weighted by molar-refractivity contribution is -0.127. The summed E-state index contributed by atoms with van der Waals surface area (Å²) in [6, 6.07) is 6.07. The Hall–Kier alpha value is -2.41.